The molecule has 3 nitrogen and oxygen atoms in total. The second-order valence-corrected chi connectivity index (χ2v) is 4.70. The maximum absolute atomic E-state index is 4.32. The second-order valence-electron chi connectivity index (χ2n) is 3.59. The van der Waals surface area contributed by atoms with E-state index in [9.17, 15) is 0 Å². The van der Waals surface area contributed by atoms with Crippen molar-refractivity contribution in [1.29, 1.82) is 0 Å². The smallest absolute Gasteiger partial charge is 0.183 e. The van der Waals surface area contributed by atoms with E-state index in [1.807, 2.05) is 25.4 Å². The van der Waals surface area contributed by atoms with Gasteiger partial charge in [0.1, 0.15) is 0 Å². The number of pyridine rings is 1. The molecule has 0 spiro atoms. The second kappa shape index (κ2) is 5.07. The Morgan fingerprint density at radius 3 is 2.94 bits per heavy atom. The summed E-state index contributed by atoms with van der Waals surface area (Å²) in [6, 6.07) is 4.05. The van der Waals surface area contributed by atoms with E-state index in [0.29, 0.717) is 0 Å². The molecule has 0 atom stereocenters. The molecule has 16 heavy (non-hydrogen) atoms. The molecule has 2 rings (SSSR count). The minimum Gasteiger partial charge on any atom is -0.357 e. The van der Waals surface area contributed by atoms with Crippen LogP contribution in [0.1, 0.15) is 23.1 Å². The third kappa shape index (κ3) is 2.58. The van der Waals surface area contributed by atoms with Crippen molar-refractivity contribution in [2.24, 2.45) is 0 Å². The van der Waals surface area contributed by atoms with Gasteiger partial charge in [-0.1, -0.05) is 13.0 Å². The Morgan fingerprint density at radius 1 is 1.38 bits per heavy atom. The average Bonchev–Trinajstić information content (AvgIpc) is 2.76. The Kier molecular flexibility index (Phi) is 3.51. The summed E-state index contributed by atoms with van der Waals surface area (Å²) < 4.78 is 0. The lowest BCUT2D eigenvalue weighted by Crippen LogP contribution is -2.01. The van der Waals surface area contributed by atoms with Crippen LogP contribution in [-0.4, -0.2) is 9.97 Å². The summed E-state index contributed by atoms with van der Waals surface area (Å²) in [4.78, 5) is 9.89. The number of anilines is 1. The number of aryl methyl sites for hydroxylation is 2. The normalized spacial score (nSPS) is 10.4. The number of hydrogen-bond acceptors (Lipinski definition) is 4. The molecule has 0 aliphatic heterocycles. The van der Waals surface area contributed by atoms with Crippen LogP contribution in [0.3, 0.4) is 0 Å². The molecule has 4 heteroatoms. The van der Waals surface area contributed by atoms with Gasteiger partial charge in [0.05, 0.1) is 0 Å². The van der Waals surface area contributed by atoms with E-state index in [0.717, 1.165) is 23.8 Å². The summed E-state index contributed by atoms with van der Waals surface area (Å²) in [7, 11) is 0. The molecule has 2 aromatic heterocycles. The molecule has 0 radical (unpaired) electrons. The molecule has 0 fully saturated rings. The van der Waals surface area contributed by atoms with Crippen LogP contribution in [0.2, 0.25) is 0 Å². The molecule has 0 aliphatic carbocycles. The monoisotopic (exact) mass is 233 g/mol. The molecule has 0 bridgehead atoms. The van der Waals surface area contributed by atoms with Gasteiger partial charge in [-0.3, -0.25) is 4.98 Å². The van der Waals surface area contributed by atoms with Crippen LogP contribution in [0.4, 0.5) is 5.13 Å². The van der Waals surface area contributed by atoms with Crippen LogP contribution in [0.15, 0.2) is 24.5 Å². The van der Waals surface area contributed by atoms with Gasteiger partial charge >= 0.3 is 0 Å². The molecule has 2 aromatic rings. The molecule has 0 saturated heterocycles. The van der Waals surface area contributed by atoms with Crippen LogP contribution in [0.5, 0.6) is 0 Å². The number of hydrogen-bond donors (Lipinski definition) is 1. The maximum Gasteiger partial charge on any atom is 0.183 e. The molecule has 84 valence electrons. The number of thiazole rings is 1. The molecule has 0 unspecified atom stereocenters. The van der Waals surface area contributed by atoms with Crippen LogP contribution >= 0.6 is 11.3 Å². The van der Waals surface area contributed by atoms with E-state index >= 15 is 0 Å². The Balaban J connectivity index is 1.99. The first-order chi connectivity index (χ1) is 7.79. The summed E-state index contributed by atoms with van der Waals surface area (Å²) in [5, 5.41) is 4.31. The molecular formula is C12H15N3S. The first-order valence-electron chi connectivity index (χ1n) is 5.38. The van der Waals surface area contributed by atoms with Crippen molar-refractivity contribution in [1.82, 2.24) is 9.97 Å². The van der Waals surface area contributed by atoms with E-state index in [2.05, 4.69) is 28.3 Å². The largest absolute Gasteiger partial charge is 0.357 e. The van der Waals surface area contributed by atoms with Gasteiger partial charge in [-0.25, -0.2) is 4.98 Å². The Hall–Kier alpha value is -1.42. The Morgan fingerprint density at radius 2 is 2.25 bits per heavy atom. The summed E-state index contributed by atoms with van der Waals surface area (Å²) in [6.07, 6.45) is 4.80. The molecular weight excluding hydrogens is 218 g/mol. The van der Waals surface area contributed by atoms with Crippen molar-refractivity contribution < 1.29 is 0 Å². The van der Waals surface area contributed by atoms with Crippen molar-refractivity contribution >= 4 is 16.5 Å². The fraction of sp³-hybridized carbons (Fsp3) is 0.333. The van der Waals surface area contributed by atoms with Crippen LogP contribution in [0, 0.1) is 6.92 Å². The van der Waals surface area contributed by atoms with E-state index in [4.69, 9.17) is 0 Å². The van der Waals surface area contributed by atoms with Gasteiger partial charge in [-0.15, -0.1) is 11.3 Å². The molecule has 1 N–H and O–H groups in total. The third-order valence-electron chi connectivity index (χ3n) is 2.45. The lowest BCUT2D eigenvalue weighted by Gasteiger charge is -2.04. The van der Waals surface area contributed by atoms with E-state index < -0.39 is 0 Å². The van der Waals surface area contributed by atoms with Crippen LogP contribution in [-0.2, 0) is 13.0 Å². The standard InChI is InChI=1S/C12H15N3S/c1-3-11-8-15-12(16-11)14-7-10-5-4-6-13-9(10)2/h4-6,8H,3,7H2,1-2H3,(H,14,15). The highest BCUT2D eigenvalue weighted by Crippen LogP contribution is 2.19. The summed E-state index contributed by atoms with van der Waals surface area (Å²) in [6.45, 7) is 4.95. The van der Waals surface area contributed by atoms with Crippen LogP contribution < -0.4 is 5.32 Å². The van der Waals surface area contributed by atoms with Gasteiger partial charge < -0.3 is 5.32 Å². The predicted octanol–water partition coefficient (Wildman–Crippen LogP) is 3.02. The zero-order valence-corrected chi connectivity index (χ0v) is 10.3. The van der Waals surface area contributed by atoms with Crippen molar-refractivity contribution in [3.8, 4) is 0 Å². The van der Waals surface area contributed by atoms with Crippen molar-refractivity contribution in [2.75, 3.05) is 5.32 Å². The molecule has 0 aliphatic rings. The lowest BCUT2D eigenvalue weighted by molar-refractivity contribution is 1.05. The number of rotatable bonds is 4. The van der Waals surface area contributed by atoms with Gasteiger partial charge in [0.25, 0.3) is 0 Å². The number of aromatic nitrogens is 2. The van der Waals surface area contributed by atoms with Crippen LogP contribution in [0.25, 0.3) is 0 Å². The highest BCUT2D eigenvalue weighted by Gasteiger charge is 2.01. The van der Waals surface area contributed by atoms with Crippen molar-refractivity contribution in [3.05, 3.63) is 40.7 Å². The Bertz CT molecular complexity index is 465. The maximum atomic E-state index is 4.32. The zero-order chi connectivity index (χ0) is 11.4. The zero-order valence-electron chi connectivity index (χ0n) is 9.53. The van der Waals surface area contributed by atoms with E-state index in [1.165, 1.54) is 10.4 Å². The molecule has 2 heterocycles. The van der Waals surface area contributed by atoms with Crippen molar-refractivity contribution in [3.63, 3.8) is 0 Å². The third-order valence-corrected chi connectivity index (χ3v) is 3.55. The van der Waals surface area contributed by atoms with E-state index in [1.54, 1.807) is 11.3 Å². The topological polar surface area (TPSA) is 37.8 Å². The van der Waals surface area contributed by atoms with Gasteiger partial charge in [0, 0.05) is 29.5 Å². The van der Waals surface area contributed by atoms with Gasteiger partial charge in [0.2, 0.25) is 0 Å². The SMILES string of the molecule is CCc1cnc(NCc2cccnc2C)s1. The molecule has 0 amide bonds. The van der Waals surface area contributed by atoms with Gasteiger partial charge in [-0.2, -0.15) is 0 Å². The highest BCUT2D eigenvalue weighted by atomic mass is 32.1. The van der Waals surface area contributed by atoms with Crippen molar-refractivity contribution in [2.45, 2.75) is 26.8 Å². The number of nitrogens with zero attached hydrogens (tertiary/aromatic N) is 2. The Labute approximate surface area is 99.6 Å². The first-order valence-corrected chi connectivity index (χ1v) is 6.20. The minimum atomic E-state index is 0.788. The van der Waals surface area contributed by atoms with E-state index in [-0.39, 0.29) is 0 Å². The summed E-state index contributed by atoms with van der Waals surface area (Å²) in [5.41, 5.74) is 2.29. The van der Waals surface area contributed by atoms with Gasteiger partial charge in [0.15, 0.2) is 5.13 Å². The molecule has 0 saturated carbocycles. The molecule has 0 aromatic carbocycles. The predicted molar refractivity (Wildman–Crippen MR) is 67.8 cm³/mol. The number of nitrogens with one attached hydrogen (secondary N) is 1. The average molecular weight is 233 g/mol. The summed E-state index contributed by atoms with van der Waals surface area (Å²) in [5.74, 6) is 0. The fourth-order valence-corrected chi connectivity index (χ4v) is 2.18. The summed E-state index contributed by atoms with van der Waals surface area (Å²) >= 11 is 1.72. The quantitative estimate of drug-likeness (QED) is 0.882. The highest BCUT2D eigenvalue weighted by molar-refractivity contribution is 7.15. The van der Waals surface area contributed by atoms with Gasteiger partial charge in [-0.05, 0) is 25.0 Å². The minimum absolute atomic E-state index is 0.788. The lowest BCUT2D eigenvalue weighted by atomic mass is 10.2. The first kappa shape index (κ1) is 11.1. The fourth-order valence-electron chi connectivity index (χ4n) is 1.43.